The maximum Gasteiger partial charge on any atom is 0.161 e. The fourth-order valence-corrected chi connectivity index (χ4v) is 10.0. The van der Waals surface area contributed by atoms with Gasteiger partial charge in [-0.1, -0.05) is 165 Å². The molecule has 274 valence electrons. The average Bonchev–Trinajstić information content (AvgIpc) is 3.63. The fraction of sp³-hybridized carbons (Fsp3) is 0.0909. The molecule has 9 aromatic carbocycles. The van der Waals surface area contributed by atoms with Gasteiger partial charge in [0.15, 0.2) is 5.82 Å². The van der Waals surface area contributed by atoms with Crippen molar-refractivity contribution < 1.29 is 0 Å². The van der Waals surface area contributed by atoms with Crippen LogP contribution in [0, 0.1) is 5.92 Å². The van der Waals surface area contributed by atoms with E-state index in [-0.39, 0.29) is 0 Å². The van der Waals surface area contributed by atoms with Crippen LogP contribution in [0.1, 0.15) is 26.2 Å². The van der Waals surface area contributed by atoms with Crippen LogP contribution in [0.3, 0.4) is 0 Å². The molecule has 2 aromatic heterocycles. The van der Waals surface area contributed by atoms with Crippen LogP contribution >= 0.6 is 0 Å². The van der Waals surface area contributed by atoms with Crippen molar-refractivity contribution in [3.05, 3.63) is 176 Å². The molecular formula is C55H39N3. The van der Waals surface area contributed by atoms with Crippen molar-refractivity contribution >= 4 is 81.4 Å². The summed E-state index contributed by atoms with van der Waals surface area (Å²) in [5.41, 5.74) is 9.04. The number of nitrogens with zero attached hydrogens (tertiary/aromatic N) is 3. The summed E-state index contributed by atoms with van der Waals surface area (Å²) in [7, 11) is 0. The Hall–Kier alpha value is -7.10. The van der Waals surface area contributed by atoms with Crippen LogP contribution in [-0.4, -0.2) is 14.5 Å². The smallest absolute Gasteiger partial charge is 0.161 e. The van der Waals surface area contributed by atoms with Crippen LogP contribution in [0.2, 0.25) is 0 Å². The first-order valence-corrected chi connectivity index (χ1v) is 20.6. The summed E-state index contributed by atoms with van der Waals surface area (Å²) in [6, 6.07) is 61.8. The van der Waals surface area contributed by atoms with Crippen molar-refractivity contribution in [1.82, 2.24) is 14.5 Å². The highest BCUT2D eigenvalue weighted by Crippen LogP contribution is 2.48. The van der Waals surface area contributed by atoms with Gasteiger partial charge in [-0.25, -0.2) is 9.97 Å². The zero-order chi connectivity index (χ0) is 38.3. The second kappa shape index (κ2) is 13.0. The van der Waals surface area contributed by atoms with Gasteiger partial charge in [0.25, 0.3) is 0 Å². The molecule has 0 saturated carbocycles. The predicted octanol–water partition coefficient (Wildman–Crippen LogP) is 15.0. The van der Waals surface area contributed by atoms with E-state index in [9.17, 15) is 0 Å². The van der Waals surface area contributed by atoms with Crippen molar-refractivity contribution in [2.75, 3.05) is 0 Å². The van der Waals surface area contributed by atoms with Gasteiger partial charge in [0, 0.05) is 43.9 Å². The molecule has 0 spiro atoms. The topological polar surface area (TPSA) is 30.7 Å². The third kappa shape index (κ3) is 4.99. The standard InChI is InChI=1S/C55H39N3/c1-34-15-12-20-37(31-34)58-51-30-11-10-27-46(51)53-52-43-25-8-6-23-40(43)47(32-48(52)41-24-7-9-26-44(41)54(53)58)50-33-49(42-28-13-18-35-16-2-4-21-38(35)42)56-55(57-50)45-29-14-19-36-17-3-5-22-39(36)45/h2-11,13-14,16-19,21-34H,12,15,20H2,1H3/t34-/m1/s1. The van der Waals surface area contributed by atoms with E-state index in [2.05, 4.69) is 187 Å². The quantitative estimate of drug-likeness (QED) is 0.168. The van der Waals surface area contributed by atoms with E-state index >= 15 is 0 Å². The molecule has 11 aromatic rings. The van der Waals surface area contributed by atoms with Gasteiger partial charge in [0.05, 0.1) is 22.4 Å². The van der Waals surface area contributed by atoms with Gasteiger partial charge < -0.3 is 4.57 Å². The monoisotopic (exact) mass is 741 g/mol. The van der Waals surface area contributed by atoms with E-state index in [0.717, 1.165) is 45.7 Å². The highest BCUT2D eigenvalue weighted by molar-refractivity contribution is 6.38. The lowest BCUT2D eigenvalue weighted by molar-refractivity contribution is 0.584. The molecule has 0 N–H and O–H groups in total. The van der Waals surface area contributed by atoms with Crippen molar-refractivity contribution in [3.8, 4) is 33.9 Å². The lowest BCUT2D eigenvalue weighted by Crippen LogP contribution is -2.06. The number of allylic oxidation sites excluding steroid dienone is 2. The Bertz CT molecular complexity index is 3410. The van der Waals surface area contributed by atoms with Crippen LogP contribution in [0.5, 0.6) is 0 Å². The summed E-state index contributed by atoms with van der Waals surface area (Å²) < 4.78 is 2.60. The van der Waals surface area contributed by atoms with E-state index < -0.39 is 0 Å². The lowest BCUT2D eigenvalue weighted by Gasteiger charge is -2.21. The van der Waals surface area contributed by atoms with Crippen LogP contribution in [-0.2, 0) is 0 Å². The second-order valence-corrected chi connectivity index (χ2v) is 16.1. The molecule has 0 unspecified atom stereocenters. The first-order chi connectivity index (χ1) is 28.7. The molecule has 1 atom stereocenters. The van der Waals surface area contributed by atoms with Crippen molar-refractivity contribution in [3.63, 3.8) is 0 Å². The second-order valence-electron chi connectivity index (χ2n) is 16.1. The van der Waals surface area contributed by atoms with E-state index in [0.29, 0.717) is 5.92 Å². The molecule has 0 saturated heterocycles. The van der Waals surface area contributed by atoms with Crippen molar-refractivity contribution in [1.29, 1.82) is 0 Å². The minimum absolute atomic E-state index is 0.556. The number of para-hydroxylation sites is 1. The average molecular weight is 742 g/mol. The van der Waals surface area contributed by atoms with Gasteiger partial charge in [-0.2, -0.15) is 0 Å². The van der Waals surface area contributed by atoms with Crippen molar-refractivity contribution in [2.24, 2.45) is 5.92 Å². The summed E-state index contributed by atoms with van der Waals surface area (Å²) in [6.07, 6.45) is 6.05. The number of fused-ring (bicyclic) bond motifs is 12. The fourth-order valence-electron chi connectivity index (χ4n) is 10.0. The first kappa shape index (κ1) is 33.1. The Morgan fingerprint density at radius 1 is 0.466 bits per heavy atom. The number of hydrogen-bond acceptors (Lipinski definition) is 2. The Kier molecular flexibility index (Phi) is 7.40. The summed E-state index contributed by atoms with van der Waals surface area (Å²) in [5.74, 6) is 1.28. The van der Waals surface area contributed by atoms with Gasteiger partial charge in [-0.05, 0) is 86.5 Å². The van der Waals surface area contributed by atoms with E-state index in [1.807, 2.05) is 0 Å². The number of benzene rings is 9. The normalized spacial score (nSPS) is 14.7. The largest absolute Gasteiger partial charge is 0.313 e. The molecular weight excluding hydrogens is 703 g/mol. The molecule has 0 aliphatic heterocycles. The Balaban J connectivity index is 1.22. The molecule has 0 fully saturated rings. The van der Waals surface area contributed by atoms with Gasteiger partial charge in [-0.15, -0.1) is 0 Å². The van der Waals surface area contributed by atoms with E-state index in [1.54, 1.807) is 0 Å². The molecule has 0 radical (unpaired) electrons. The maximum atomic E-state index is 5.53. The zero-order valence-corrected chi connectivity index (χ0v) is 32.3. The molecule has 0 amide bonds. The Labute approximate surface area is 336 Å². The van der Waals surface area contributed by atoms with Gasteiger partial charge in [-0.3, -0.25) is 0 Å². The molecule has 1 aliphatic rings. The molecule has 0 bridgehead atoms. The third-order valence-electron chi connectivity index (χ3n) is 12.6. The molecule has 58 heavy (non-hydrogen) atoms. The maximum absolute atomic E-state index is 5.53. The summed E-state index contributed by atoms with van der Waals surface area (Å²) in [5, 5.41) is 14.8. The van der Waals surface area contributed by atoms with Gasteiger partial charge >= 0.3 is 0 Å². The van der Waals surface area contributed by atoms with Crippen LogP contribution in [0.15, 0.2) is 176 Å². The zero-order valence-electron chi connectivity index (χ0n) is 32.3. The Morgan fingerprint density at radius 3 is 1.78 bits per heavy atom. The highest BCUT2D eigenvalue weighted by Gasteiger charge is 2.24. The van der Waals surface area contributed by atoms with E-state index in [1.165, 1.54) is 88.8 Å². The Morgan fingerprint density at radius 2 is 1.03 bits per heavy atom. The van der Waals surface area contributed by atoms with E-state index in [4.69, 9.17) is 9.97 Å². The summed E-state index contributed by atoms with van der Waals surface area (Å²) in [6.45, 7) is 2.36. The van der Waals surface area contributed by atoms with Crippen LogP contribution in [0.25, 0.3) is 115 Å². The van der Waals surface area contributed by atoms with Gasteiger partial charge in [0.1, 0.15) is 0 Å². The summed E-state index contributed by atoms with van der Waals surface area (Å²) in [4.78, 5) is 10.9. The molecule has 2 heterocycles. The highest BCUT2D eigenvalue weighted by atomic mass is 15.0. The van der Waals surface area contributed by atoms with Crippen LogP contribution < -0.4 is 0 Å². The number of rotatable bonds is 4. The summed E-state index contributed by atoms with van der Waals surface area (Å²) >= 11 is 0. The molecule has 3 nitrogen and oxygen atoms in total. The predicted molar refractivity (Wildman–Crippen MR) is 246 cm³/mol. The molecule has 12 rings (SSSR count). The number of hydrogen-bond donors (Lipinski definition) is 0. The molecule has 3 heteroatoms. The lowest BCUT2D eigenvalue weighted by atomic mass is 9.89. The van der Waals surface area contributed by atoms with Crippen molar-refractivity contribution in [2.45, 2.75) is 26.2 Å². The number of aromatic nitrogens is 3. The van der Waals surface area contributed by atoms with Crippen LogP contribution in [0.4, 0.5) is 0 Å². The SMILES string of the molecule is C[C@H]1C=C(n2c3ccccc3c3c4c5ccccc5c(-c5cc(-c6cccc7ccccc67)nc(-c6cccc7ccccc67)n5)cc4c4ccccc4c32)CCC1. The third-order valence-corrected chi connectivity index (χ3v) is 12.6. The minimum Gasteiger partial charge on any atom is -0.313 e. The van der Waals surface area contributed by atoms with Gasteiger partial charge in [0.2, 0.25) is 0 Å². The minimum atomic E-state index is 0.556. The molecule has 1 aliphatic carbocycles. The first-order valence-electron chi connectivity index (χ1n) is 20.6.